The summed E-state index contributed by atoms with van der Waals surface area (Å²) in [6, 6.07) is 11.0. The summed E-state index contributed by atoms with van der Waals surface area (Å²) in [5.74, 6) is -4.63. The maximum absolute atomic E-state index is 15.6. The molecule has 0 aliphatic carbocycles. The number of anilines is 1. The zero-order valence-electron chi connectivity index (χ0n) is 21.3. The molecule has 3 aromatic rings. The number of carbonyl (C=O) groups excluding carboxylic acids is 2. The van der Waals surface area contributed by atoms with Crippen LogP contribution in [0.1, 0.15) is 54.8 Å². The van der Waals surface area contributed by atoms with Gasteiger partial charge in [0.15, 0.2) is 11.6 Å². The highest BCUT2D eigenvalue weighted by Gasteiger charge is 2.61. The van der Waals surface area contributed by atoms with Gasteiger partial charge in [-0.1, -0.05) is 62.2 Å². The minimum atomic E-state index is -1.77. The third-order valence-electron chi connectivity index (χ3n) is 6.83. The molecule has 4 rings (SSSR count). The van der Waals surface area contributed by atoms with E-state index in [9.17, 15) is 14.9 Å². The summed E-state index contributed by atoms with van der Waals surface area (Å²) in [5.41, 5.74) is 3.00. The predicted octanol–water partition coefficient (Wildman–Crippen LogP) is 5.92. The zero-order valence-corrected chi connectivity index (χ0v) is 22.8. The van der Waals surface area contributed by atoms with Crippen molar-refractivity contribution in [2.45, 2.75) is 50.6 Å². The fraction of sp³-hybridized carbons (Fsp3) is 0.321. The lowest BCUT2D eigenvalue weighted by Crippen LogP contribution is -2.44. The Labute approximate surface area is 234 Å². The first-order chi connectivity index (χ1) is 18.3. The van der Waals surface area contributed by atoms with Crippen LogP contribution in [0, 0.1) is 28.4 Å². The van der Waals surface area contributed by atoms with Crippen molar-refractivity contribution in [3.8, 4) is 6.07 Å². The number of nitrogens with two attached hydrogens (primary N) is 1. The number of amides is 2. The van der Waals surface area contributed by atoms with Gasteiger partial charge in [-0.05, 0) is 41.7 Å². The summed E-state index contributed by atoms with van der Waals surface area (Å²) in [7, 11) is 0. The van der Waals surface area contributed by atoms with Crippen LogP contribution in [0.2, 0.25) is 10.0 Å². The van der Waals surface area contributed by atoms with Crippen LogP contribution in [0.4, 0.5) is 14.7 Å². The molecule has 4 atom stereocenters. The molecule has 4 N–H and O–H groups in total. The van der Waals surface area contributed by atoms with E-state index in [0.29, 0.717) is 6.42 Å². The molecule has 1 unspecified atom stereocenters. The maximum Gasteiger partial charge on any atom is 0.284 e. The molecule has 11 heteroatoms. The van der Waals surface area contributed by atoms with Crippen molar-refractivity contribution in [1.82, 2.24) is 5.32 Å². The molecule has 39 heavy (non-hydrogen) atoms. The standard InChI is InChI=1S/C28H26Cl2F2N4O3/c1-27(2,3)12-20-28(13-33,16-8-7-14(29)11-18(16)31)22(15-5-4-6-17(30)23(15)32)24(35-20)26(38)36-21-10-9-19(39-21)25(34)37/h4-11,20,22,24,35H,12H2,1-3H3,(H2,34,37)(H,36,38)/t20-,22-,24?,28-/m0/s1. The van der Waals surface area contributed by atoms with Crippen molar-refractivity contribution in [3.05, 3.63) is 87.1 Å². The smallest absolute Gasteiger partial charge is 0.284 e. The van der Waals surface area contributed by atoms with E-state index in [0.717, 1.165) is 6.07 Å². The molecule has 1 saturated heterocycles. The molecule has 1 fully saturated rings. The van der Waals surface area contributed by atoms with Crippen LogP contribution in [-0.4, -0.2) is 23.9 Å². The molecule has 1 aromatic heterocycles. The van der Waals surface area contributed by atoms with Crippen molar-refractivity contribution < 1.29 is 22.8 Å². The number of furan rings is 1. The second-order valence-electron chi connectivity index (χ2n) is 10.7. The number of benzene rings is 2. The predicted molar refractivity (Wildman–Crippen MR) is 143 cm³/mol. The molecule has 204 valence electrons. The van der Waals surface area contributed by atoms with Crippen LogP contribution in [0.15, 0.2) is 52.9 Å². The Morgan fingerprint density at radius 3 is 2.49 bits per heavy atom. The molecule has 0 bridgehead atoms. The highest BCUT2D eigenvalue weighted by molar-refractivity contribution is 6.31. The second kappa shape index (κ2) is 10.6. The summed E-state index contributed by atoms with van der Waals surface area (Å²) in [6.45, 7) is 5.81. The fourth-order valence-corrected chi connectivity index (χ4v) is 5.63. The molecular formula is C28H26Cl2F2N4O3. The van der Waals surface area contributed by atoms with Gasteiger partial charge in [0.2, 0.25) is 5.91 Å². The Morgan fingerprint density at radius 1 is 1.18 bits per heavy atom. The number of hydrogen-bond acceptors (Lipinski definition) is 5. The number of primary amides is 1. The van der Waals surface area contributed by atoms with Crippen LogP contribution in [0.25, 0.3) is 0 Å². The summed E-state index contributed by atoms with van der Waals surface area (Å²) < 4.78 is 36.6. The highest BCUT2D eigenvalue weighted by atomic mass is 35.5. The molecule has 0 radical (unpaired) electrons. The van der Waals surface area contributed by atoms with Gasteiger partial charge in [-0.3, -0.25) is 14.9 Å². The zero-order chi connectivity index (χ0) is 28.7. The van der Waals surface area contributed by atoms with Crippen LogP contribution in [0.3, 0.4) is 0 Å². The van der Waals surface area contributed by atoms with Crippen molar-refractivity contribution in [1.29, 1.82) is 5.26 Å². The van der Waals surface area contributed by atoms with Gasteiger partial charge in [-0.2, -0.15) is 5.26 Å². The maximum atomic E-state index is 15.6. The largest absolute Gasteiger partial charge is 0.435 e. The highest BCUT2D eigenvalue weighted by Crippen LogP contribution is 2.52. The van der Waals surface area contributed by atoms with Crippen LogP contribution < -0.4 is 16.4 Å². The number of nitrogens with one attached hydrogen (secondary N) is 2. The van der Waals surface area contributed by atoms with Gasteiger partial charge in [0.25, 0.3) is 5.91 Å². The lowest BCUT2D eigenvalue weighted by molar-refractivity contribution is -0.118. The summed E-state index contributed by atoms with van der Waals surface area (Å²) in [4.78, 5) is 25.2. The van der Waals surface area contributed by atoms with E-state index >= 15 is 8.78 Å². The van der Waals surface area contributed by atoms with Crippen LogP contribution in [0.5, 0.6) is 0 Å². The Kier molecular flexibility index (Phi) is 7.77. The van der Waals surface area contributed by atoms with Crippen LogP contribution in [-0.2, 0) is 10.2 Å². The Balaban J connectivity index is 1.94. The Bertz CT molecular complexity index is 1480. The van der Waals surface area contributed by atoms with Gasteiger partial charge >= 0.3 is 0 Å². The molecular weight excluding hydrogens is 549 g/mol. The number of nitriles is 1. The molecule has 1 aliphatic rings. The molecule has 1 aliphatic heterocycles. The quantitative estimate of drug-likeness (QED) is 0.337. The molecule has 0 saturated carbocycles. The summed E-state index contributed by atoms with van der Waals surface area (Å²) in [6.07, 6.45) is 0.317. The van der Waals surface area contributed by atoms with Gasteiger partial charge in [-0.25, -0.2) is 8.78 Å². The van der Waals surface area contributed by atoms with Crippen molar-refractivity contribution >= 4 is 40.9 Å². The normalized spacial score (nSPS) is 22.9. The third kappa shape index (κ3) is 5.37. The minimum absolute atomic E-state index is 0.0372. The topological polar surface area (TPSA) is 121 Å². The number of halogens is 4. The van der Waals surface area contributed by atoms with E-state index in [1.165, 1.54) is 42.5 Å². The van der Waals surface area contributed by atoms with Crippen molar-refractivity contribution in [2.75, 3.05) is 5.32 Å². The van der Waals surface area contributed by atoms with E-state index < -0.39 is 46.9 Å². The summed E-state index contributed by atoms with van der Waals surface area (Å²) >= 11 is 12.2. The SMILES string of the molecule is CC(C)(C)C[C@@H]1NC(C(=O)Nc2ccc(C(N)=O)o2)[C@H](c2cccc(Cl)c2F)[C@@]1(C#N)c1ccc(Cl)cc1F. The third-order valence-corrected chi connectivity index (χ3v) is 7.35. The number of carbonyl (C=O) groups is 2. The monoisotopic (exact) mass is 574 g/mol. The molecule has 0 spiro atoms. The average Bonchev–Trinajstić information content (AvgIpc) is 3.43. The number of hydrogen-bond donors (Lipinski definition) is 3. The van der Waals surface area contributed by atoms with Crippen molar-refractivity contribution in [2.24, 2.45) is 11.1 Å². The van der Waals surface area contributed by atoms with E-state index in [1.54, 1.807) is 0 Å². The van der Waals surface area contributed by atoms with E-state index in [2.05, 4.69) is 16.7 Å². The molecule has 7 nitrogen and oxygen atoms in total. The first-order valence-corrected chi connectivity index (χ1v) is 12.8. The lowest BCUT2D eigenvalue weighted by atomic mass is 9.62. The second-order valence-corrected chi connectivity index (χ2v) is 11.5. The summed E-state index contributed by atoms with van der Waals surface area (Å²) in [5, 5.41) is 16.5. The minimum Gasteiger partial charge on any atom is -0.435 e. The molecule has 2 heterocycles. The van der Waals surface area contributed by atoms with E-state index in [-0.39, 0.29) is 38.2 Å². The van der Waals surface area contributed by atoms with Crippen LogP contribution >= 0.6 is 23.2 Å². The average molecular weight is 575 g/mol. The number of rotatable bonds is 6. The van der Waals surface area contributed by atoms with Gasteiger partial charge in [0.1, 0.15) is 17.0 Å². The van der Waals surface area contributed by atoms with Gasteiger partial charge in [0.05, 0.1) is 17.1 Å². The lowest BCUT2D eigenvalue weighted by Gasteiger charge is -2.37. The Hall–Kier alpha value is -3.45. The molecule has 2 aromatic carbocycles. The van der Waals surface area contributed by atoms with E-state index in [4.69, 9.17) is 33.4 Å². The number of nitrogens with zero attached hydrogens (tertiary/aromatic N) is 1. The molecule has 2 amide bonds. The Morgan fingerprint density at radius 2 is 1.90 bits per heavy atom. The fourth-order valence-electron chi connectivity index (χ4n) is 5.29. The van der Waals surface area contributed by atoms with Gasteiger partial charge in [-0.15, -0.1) is 0 Å². The van der Waals surface area contributed by atoms with Crippen molar-refractivity contribution in [3.63, 3.8) is 0 Å². The van der Waals surface area contributed by atoms with E-state index in [1.807, 2.05) is 20.8 Å². The van der Waals surface area contributed by atoms with Gasteiger partial charge in [0, 0.05) is 28.6 Å². The van der Waals surface area contributed by atoms with Gasteiger partial charge < -0.3 is 15.5 Å². The first kappa shape index (κ1) is 28.6. The first-order valence-electron chi connectivity index (χ1n) is 12.1.